The fraction of sp³-hybridized carbons (Fsp3) is 0.300. The normalized spacial score (nSPS) is 9.40. The Labute approximate surface area is 87.7 Å². The van der Waals surface area contributed by atoms with E-state index < -0.39 is 0 Å². The molecule has 5 nitrogen and oxygen atoms in total. The predicted octanol–water partition coefficient (Wildman–Crippen LogP) is -0.146. The zero-order valence-corrected chi connectivity index (χ0v) is 8.47. The first kappa shape index (κ1) is 11.2. The molecule has 80 valence electrons. The van der Waals surface area contributed by atoms with E-state index in [0.29, 0.717) is 18.6 Å². The number of amides is 1. The van der Waals surface area contributed by atoms with E-state index in [1.807, 2.05) is 6.92 Å². The average Bonchev–Trinajstić information content (AvgIpc) is 2.27. The van der Waals surface area contributed by atoms with Gasteiger partial charge in [-0.15, -0.1) is 0 Å². The second-order valence-electron chi connectivity index (χ2n) is 2.86. The Bertz CT molecular complexity index is 352. The molecular weight excluding hydrogens is 196 g/mol. The summed E-state index contributed by atoms with van der Waals surface area (Å²) in [5, 5.41) is 2.68. The molecule has 0 atom stereocenters. The molecule has 0 unspecified atom stereocenters. The van der Waals surface area contributed by atoms with Gasteiger partial charge >= 0.3 is 0 Å². The molecule has 5 heteroatoms. The first-order valence-corrected chi connectivity index (χ1v) is 4.60. The lowest BCUT2D eigenvalue weighted by Gasteiger charge is -2.00. The number of hydrogen-bond donors (Lipinski definition) is 1. The molecule has 0 bridgehead atoms. The summed E-state index contributed by atoms with van der Waals surface area (Å²) in [5.41, 5.74) is 0.536. The van der Waals surface area contributed by atoms with Crippen LogP contribution in [-0.2, 0) is 16.3 Å². The maximum absolute atomic E-state index is 11.4. The van der Waals surface area contributed by atoms with Gasteiger partial charge in [-0.25, -0.2) is 0 Å². The SMILES string of the molecule is CCNC(=O)c1ccc[n+](COC=O)c1. The molecule has 0 aromatic carbocycles. The largest absolute Gasteiger partial charge is 0.407 e. The zero-order valence-electron chi connectivity index (χ0n) is 8.47. The fourth-order valence-corrected chi connectivity index (χ4v) is 1.12. The number of carbonyl (C=O) groups is 2. The standard InChI is InChI=1S/C10H12N2O3/c1-2-11-10(14)9-4-3-5-12(6-9)7-15-8-13/h3-6,8H,2,7H2,1H3/p+1. The summed E-state index contributed by atoms with van der Waals surface area (Å²) in [4.78, 5) is 21.4. The van der Waals surface area contributed by atoms with E-state index in [-0.39, 0.29) is 12.6 Å². The third kappa shape index (κ3) is 3.38. The Hall–Kier alpha value is -1.91. The molecule has 0 aliphatic heterocycles. The number of rotatable bonds is 5. The number of nitrogens with one attached hydrogen (secondary N) is 1. The summed E-state index contributed by atoms with van der Waals surface area (Å²) in [7, 11) is 0. The van der Waals surface area contributed by atoms with E-state index in [1.54, 1.807) is 29.1 Å². The maximum Gasteiger partial charge on any atom is 0.297 e. The molecule has 1 rings (SSSR count). The Morgan fingerprint density at radius 3 is 3.13 bits per heavy atom. The minimum Gasteiger partial charge on any atom is -0.407 e. The molecule has 0 radical (unpaired) electrons. The molecule has 0 saturated heterocycles. The molecule has 0 fully saturated rings. The van der Waals surface area contributed by atoms with Crippen LogP contribution in [0.25, 0.3) is 0 Å². The summed E-state index contributed by atoms with van der Waals surface area (Å²) >= 11 is 0. The third-order valence-electron chi connectivity index (χ3n) is 1.75. The minimum atomic E-state index is -0.141. The van der Waals surface area contributed by atoms with Gasteiger partial charge in [-0.2, -0.15) is 4.57 Å². The molecule has 1 aromatic rings. The maximum atomic E-state index is 11.4. The zero-order chi connectivity index (χ0) is 11.1. The molecular formula is C10H13N2O3+. The highest BCUT2D eigenvalue weighted by Gasteiger charge is 2.09. The number of nitrogens with zero attached hydrogens (tertiary/aromatic N) is 1. The van der Waals surface area contributed by atoms with Crippen LogP contribution in [0.1, 0.15) is 17.3 Å². The van der Waals surface area contributed by atoms with Gasteiger partial charge in [0.05, 0.1) is 0 Å². The molecule has 15 heavy (non-hydrogen) atoms. The predicted molar refractivity (Wildman–Crippen MR) is 51.8 cm³/mol. The summed E-state index contributed by atoms with van der Waals surface area (Å²) in [6, 6.07) is 3.42. The molecule has 1 N–H and O–H groups in total. The van der Waals surface area contributed by atoms with Crippen molar-refractivity contribution < 1.29 is 18.9 Å². The monoisotopic (exact) mass is 209 g/mol. The molecule has 0 aliphatic rings. The lowest BCUT2D eigenvalue weighted by molar-refractivity contribution is -0.727. The molecule has 1 heterocycles. The summed E-state index contributed by atoms with van der Waals surface area (Å²) in [6.07, 6.45) is 3.33. The van der Waals surface area contributed by atoms with Gasteiger partial charge in [-0.3, -0.25) is 9.59 Å². The van der Waals surface area contributed by atoms with Crippen LogP contribution >= 0.6 is 0 Å². The van der Waals surface area contributed by atoms with Crippen molar-refractivity contribution in [2.45, 2.75) is 13.7 Å². The third-order valence-corrected chi connectivity index (χ3v) is 1.75. The highest BCUT2D eigenvalue weighted by molar-refractivity contribution is 5.93. The topological polar surface area (TPSA) is 59.3 Å². The highest BCUT2D eigenvalue weighted by atomic mass is 16.5. The van der Waals surface area contributed by atoms with E-state index >= 15 is 0 Å². The van der Waals surface area contributed by atoms with Crippen LogP contribution < -0.4 is 9.88 Å². The van der Waals surface area contributed by atoms with Crippen LogP contribution in [0.15, 0.2) is 24.5 Å². The molecule has 1 amide bonds. The van der Waals surface area contributed by atoms with Crippen molar-refractivity contribution in [2.75, 3.05) is 6.54 Å². The van der Waals surface area contributed by atoms with Crippen LogP contribution in [0.3, 0.4) is 0 Å². The van der Waals surface area contributed by atoms with Gasteiger partial charge in [-0.1, -0.05) is 0 Å². The van der Waals surface area contributed by atoms with Gasteiger partial charge in [0, 0.05) is 12.6 Å². The van der Waals surface area contributed by atoms with Crippen molar-refractivity contribution in [3.63, 3.8) is 0 Å². The second-order valence-corrected chi connectivity index (χ2v) is 2.86. The van der Waals surface area contributed by atoms with E-state index in [4.69, 9.17) is 0 Å². The van der Waals surface area contributed by atoms with Gasteiger partial charge in [0.1, 0.15) is 5.56 Å². The number of carbonyl (C=O) groups excluding carboxylic acids is 2. The van der Waals surface area contributed by atoms with Crippen LogP contribution in [0.4, 0.5) is 0 Å². The first-order chi connectivity index (χ1) is 7.27. The van der Waals surface area contributed by atoms with E-state index in [2.05, 4.69) is 10.1 Å². The lowest BCUT2D eigenvalue weighted by atomic mass is 10.2. The molecule has 1 aromatic heterocycles. The van der Waals surface area contributed by atoms with Crippen molar-refractivity contribution in [3.05, 3.63) is 30.1 Å². The van der Waals surface area contributed by atoms with Crippen molar-refractivity contribution >= 4 is 12.4 Å². The van der Waals surface area contributed by atoms with Crippen molar-refractivity contribution in [1.29, 1.82) is 0 Å². The van der Waals surface area contributed by atoms with E-state index in [9.17, 15) is 9.59 Å². The Morgan fingerprint density at radius 1 is 1.67 bits per heavy atom. The van der Waals surface area contributed by atoms with Crippen molar-refractivity contribution in [3.8, 4) is 0 Å². The number of ether oxygens (including phenoxy) is 1. The number of aromatic nitrogens is 1. The Balaban J connectivity index is 2.73. The van der Waals surface area contributed by atoms with Gasteiger partial charge in [0.25, 0.3) is 19.1 Å². The van der Waals surface area contributed by atoms with E-state index in [1.165, 1.54) is 0 Å². The van der Waals surface area contributed by atoms with Crippen LogP contribution in [-0.4, -0.2) is 18.9 Å². The highest BCUT2D eigenvalue weighted by Crippen LogP contribution is 1.93. The van der Waals surface area contributed by atoms with Gasteiger partial charge < -0.3 is 10.1 Å². The fourth-order valence-electron chi connectivity index (χ4n) is 1.12. The Kier molecular flexibility index (Phi) is 4.28. The van der Waals surface area contributed by atoms with Crippen molar-refractivity contribution in [1.82, 2.24) is 5.32 Å². The first-order valence-electron chi connectivity index (χ1n) is 4.60. The number of pyridine rings is 1. The molecule has 0 aliphatic carbocycles. The van der Waals surface area contributed by atoms with Crippen LogP contribution in [0, 0.1) is 0 Å². The van der Waals surface area contributed by atoms with Crippen LogP contribution in [0.5, 0.6) is 0 Å². The smallest absolute Gasteiger partial charge is 0.297 e. The number of hydrogen-bond acceptors (Lipinski definition) is 3. The second kappa shape index (κ2) is 5.74. The Morgan fingerprint density at radius 2 is 2.47 bits per heavy atom. The summed E-state index contributed by atoms with van der Waals surface area (Å²) in [6.45, 7) is 2.91. The van der Waals surface area contributed by atoms with Gasteiger partial charge in [-0.05, 0) is 13.0 Å². The summed E-state index contributed by atoms with van der Waals surface area (Å²) in [5.74, 6) is -0.141. The van der Waals surface area contributed by atoms with Crippen LogP contribution in [0.2, 0.25) is 0 Å². The average molecular weight is 209 g/mol. The lowest BCUT2D eigenvalue weighted by Crippen LogP contribution is -2.36. The minimum absolute atomic E-state index is 0.108. The van der Waals surface area contributed by atoms with Gasteiger partial charge in [0.15, 0.2) is 12.4 Å². The summed E-state index contributed by atoms with van der Waals surface area (Å²) < 4.78 is 6.18. The quantitative estimate of drug-likeness (QED) is 0.542. The van der Waals surface area contributed by atoms with Crippen molar-refractivity contribution in [2.24, 2.45) is 0 Å². The molecule has 0 spiro atoms. The molecule has 0 saturated carbocycles. The van der Waals surface area contributed by atoms with Gasteiger partial charge in [0.2, 0.25) is 0 Å². The van der Waals surface area contributed by atoms with E-state index in [0.717, 1.165) is 0 Å².